The molecule has 3 aromatic heterocycles. The van der Waals surface area contributed by atoms with Gasteiger partial charge in [0.1, 0.15) is 12.1 Å². The SMILES string of the molecule is COc1cc2nc(NC(=O)Cn3cnc4c(C)cn(C)c(=O)c43)sc2cc1F. The highest BCUT2D eigenvalue weighted by molar-refractivity contribution is 7.22. The van der Waals surface area contributed by atoms with Crippen LogP contribution >= 0.6 is 11.3 Å². The molecule has 1 amide bonds. The van der Waals surface area contributed by atoms with Gasteiger partial charge in [-0.25, -0.2) is 14.4 Å². The van der Waals surface area contributed by atoms with E-state index in [1.165, 1.54) is 34.7 Å². The van der Waals surface area contributed by atoms with E-state index < -0.39 is 5.82 Å². The predicted octanol–water partition coefficient (Wildman–Crippen LogP) is 2.44. The highest BCUT2D eigenvalue weighted by atomic mass is 32.1. The summed E-state index contributed by atoms with van der Waals surface area (Å²) < 4.78 is 22.3. The lowest BCUT2D eigenvalue weighted by Gasteiger charge is -2.06. The number of nitrogens with zero attached hydrogens (tertiary/aromatic N) is 4. The molecule has 0 fully saturated rings. The predicted molar refractivity (Wildman–Crippen MR) is 104 cm³/mol. The molecule has 0 saturated heterocycles. The number of hydrogen-bond acceptors (Lipinski definition) is 6. The fraction of sp³-hybridized carbons (Fsp3) is 0.222. The highest BCUT2D eigenvalue weighted by Crippen LogP contribution is 2.31. The molecular formula is C18H16FN5O3S. The topological polar surface area (TPSA) is 91.0 Å². The van der Waals surface area contributed by atoms with Crippen LogP contribution in [-0.2, 0) is 18.4 Å². The van der Waals surface area contributed by atoms with Crippen LogP contribution in [0, 0.1) is 12.7 Å². The maximum absolute atomic E-state index is 13.8. The number of rotatable bonds is 4. The van der Waals surface area contributed by atoms with Crippen LogP contribution in [-0.4, -0.2) is 32.1 Å². The first-order chi connectivity index (χ1) is 13.4. The summed E-state index contributed by atoms with van der Waals surface area (Å²) in [4.78, 5) is 33.4. The number of fused-ring (bicyclic) bond motifs is 2. The molecule has 0 aliphatic heterocycles. The zero-order valence-corrected chi connectivity index (χ0v) is 16.1. The number of amides is 1. The Kier molecular flexibility index (Phi) is 4.34. The van der Waals surface area contributed by atoms with Gasteiger partial charge in [0.25, 0.3) is 5.56 Å². The lowest BCUT2D eigenvalue weighted by atomic mass is 10.2. The van der Waals surface area contributed by atoms with E-state index in [0.717, 1.165) is 16.9 Å². The number of halogens is 1. The Bertz CT molecular complexity index is 1290. The van der Waals surface area contributed by atoms with E-state index in [-0.39, 0.29) is 23.8 Å². The third-order valence-corrected chi connectivity index (χ3v) is 5.28. The number of hydrogen-bond donors (Lipinski definition) is 1. The van der Waals surface area contributed by atoms with Gasteiger partial charge < -0.3 is 19.2 Å². The first kappa shape index (κ1) is 18.1. The average Bonchev–Trinajstić information content (AvgIpc) is 3.22. The number of anilines is 1. The lowest BCUT2D eigenvalue weighted by Crippen LogP contribution is -2.23. The molecule has 1 N–H and O–H groups in total. The summed E-state index contributed by atoms with van der Waals surface area (Å²) in [6.07, 6.45) is 3.17. The number of carbonyl (C=O) groups excluding carboxylic acids is 1. The molecule has 0 unspecified atom stereocenters. The highest BCUT2D eigenvalue weighted by Gasteiger charge is 2.15. The van der Waals surface area contributed by atoms with Gasteiger partial charge in [-0.2, -0.15) is 0 Å². The van der Waals surface area contributed by atoms with Crippen molar-refractivity contribution in [2.45, 2.75) is 13.5 Å². The summed E-state index contributed by atoms with van der Waals surface area (Å²) >= 11 is 1.15. The quantitative estimate of drug-likeness (QED) is 0.567. The van der Waals surface area contributed by atoms with Gasteiger partial charge >= 0.3 is 0 Å². The van der Waals surface area contributed by atoms with Crippen LogP contribution in [0.4, 0.5) is 9.52 Å². The van der Waals surface area contributed by atoms with Crippen LogP contribution in [0.25, 0.3) is 21.3 Å². The van der Waals surface area contributed by atoms with Crippen molar-refractivity contribution in [2.75, 3.05) is 12.4 Å². The molecule has 3 heterocycles. The Morgan fingerprint density at radius 3 is 2.93 bits per heavy atom. The Hall–Kier alpha value is -3.27. The molecule has 4 rings (SSSR count). The number of carbonyl (C=O) groups is 1. The smallest absolute Gasteiger partial charge is 0.276 e. The van der Waals surface area contributed by atoms with E-state index in [1.54, 1.807) is 13.2 Å². The van der Waals surface area contributed by atoms with Gasteiger partial charge in [-0.15, -0.1) is 0 Å². The van der Waals surface area contributed by atoms with Crippen LogP contribution in [0.15, 0.2) is 29.5 Å². The summed E-state index contributed by atoms with van der Waals surface area (Å²) in [7, 11) is 3.03. The minimum absolute atomic E-state index is 0.0896. The van der Waals surface area contributed by atoms with Crippen molar-refractivity contribution in [1.82, 2.24) is 19.1 Å². The molecular weight excluding hydrogens is 385 g/mol. The Morgan fingerprint density at radius 2 is 2.18 bits per heavy atom. The number of nitrogens with one attached hydrogen (secondary N) is 1. The van der Waals surface area contributed by atoms with Crippen LogP contribution in [0.1, 0.15) is 5.56 Å². The van der Waals surface area contributed by atoms with Crippen LogP contribution < -0.4 is 15.6 Å². The van der Waals surface area contributed by atoms with Crippen molar-refractivity contribution in [2.24, 2.45) is 7.05 Å². The zero-order valence-electron chi connectivity index (χ0n) is 15.3. The first-order valence-corrected chi connectivity index (χ1v) is 9.14. The molecule has 144 valence electrons. The molecule has 1 aromatic carbocycles. The minimum Gasteiger partial charge on any atom is -0.494 e. The first-order valence-electron chi connectivity index (χ1n) is 8.32. The second kappa shape index (κ2) is 6.71. The molecule has 0 spiro atoms. The fourth-order valence-corrected chi connectivity index (χ4v) is 3.93. The van der Waals surface area contributed by atoms with Crippen molar-refractivity contribution in [3.05, 3.63) is 46.4 Å². The molecule has 0 saturated carbocycles. The summed E-state index contributed by atoms with van der Waals surface area (Å²) in [5.74, 6) is -0.770. The normalized spacial score (nSPS) is 11.3. The number of aryl methyl sites for hydroxylation is 2. The largest absolute Gasteiger partial charge is 0.494 e. The molecule has 4 aromatic rings. The number of thiazole rings is 1. The number of ether oxygens (including phenoxy) is 1. The van der Waals surface area contributed by atoms with Crippen molar-refractivity contribution in [3.8, 4) is 5.75 Å². The van der Waals surface area contributed by atoms with Crippen molar-refractivity contribution in [3.63, 3.8) is 0 Å². The van der Waals surface area contributed by atoms with Crippen LogP contribution in [0.5, 0.6) is 5.75 Å². The van der Waals surface area contributed by atoms with Gasteiger partial charge in [-0.3, -0.25) is 9.59 Å². The Labute approximate surface area is 162 Å². The van der Waals surface area contributed by atoms with Gasteiger partial charge in [-0.05, 0) is 18.6 Å². The van der Waals surface area contributed by atoms with Crippen LogP contribution in [0.2, 0.25) is 0 Å². The second-order valence-corrected chi connectivity index (χ2v) is 7.35. The summed E-state index contributed by atoms with van der Waals surface area (Å²) in [6.45, 7) is 1.76. The van der Waals surface area contributed by atoms with Gasteiger partial charge in [-0.1, -0.05) is 11.3 Å². The van der Waals surface area contributed by atoms with E-state index in [9.17, 15) is 14.0 Å². The molecule has 0 aliphatic carbocycles. The second-order valence-electron chi connectivity index (χ2n) is 6.32. The third kappa shape index (κ3) is 3.01. The van der Waals surface area contributed by atoms with Gasteiger partial charge in [0, 0.05) is 19.3 Å². The number of aromatic nitrogens is 4. The maximum Gasteiger partial charge on any atom is 0.276 e. The van der Waals surface area contributed by atoms with Crippen LogP contribution in [0.3, 0.4) is 0 Å². The number of benzene rings is 1. The number of pyridine rings is 1. The summed E-state index contributed by atoms with van der Waals surface area (Å²) in [5.41, 5.74) is 2.08. The van der Waals surface area contributed by atoms with E-state index in [1.807, 2.05) is 6.92 Å². The lowest BCUT2D eigenvalue weighted by molar-refractivity contribution is -0.116. The summed E-state index contributed by atoms with van der Waals surface area (Å²) in [6, 6.07) is 2.80. The summed E-state index contributed by atoms with van der Waals surface area (Å²) in [5, 5.41) is 3.02. The number of imidazole rings is 1. The van der Waals surface area contributed by atoms with Crippen molar-refractivity contribution in [1.29, 1.82) is 0 Å². The molecule has 0 radical (unpaired) electrons. The van der Waals surface area contributed by atoms with E-state index in [4.69, 9.17) is 4.74 Å². The monoisotopic (exact) mass is 401 g/mol. The minimum atomic E-state index is -0.493. The van der Waals surface area contributed by atoms with E-state index in [0.29, 0.717) is 26.4 Å². The molecule has 0 bridgehead atoms. The van der Waals surface area contributed by atoms with Crippen molar-refractivity contribution >= 4 is 43.6 Å². The van der Waals surface area contributed by atoms with Crippen molar-refractivity contribution < 1.29 is 13.9 Å². The maximum atomic E-state index is 13.8. The van der Waals surface area contributed by atoms with E-state index in [2.05, 4.69) is 15.3 Å². The molecule has 0 atom stereocenters. The molecule has 28 heavy (non-hydrogen) atoms. The van der Waals surface area contributed by atoms with E-state index >= 15 is 0 Å². The number of methoxy groups -OCH3 is 1. The Balaban J connectivity index is 1.61. The Morgan fingerprint density at radius 1 is 1.39 bits per heavy atom. The molecule has 8 nitrogen and oxygen atoms in total. The average molecular weight is 401 g/mol. The fourth-order valence-electron chi connectivity index (χ4n) is 3.05. The molecule has 0 aliphatic rings. The zero-order chi connectivity index (χ0) is 20.0. The van der Waals surface area contributed by atoms with Gasteiger partial charge in [0.05, 0.1) is 29.2 Å². The molecule has 10 heteroatoms. The van der Waals surface area contributed by atoms with Gasteiger partial charge in [0.2, 0.25) is 5.91 Å². The van der Waals surface area contributed by atoms with Gasteiger partial charge in [0.15, 0.2) is 16.7 Å². The standard InChI is InChI=1S/C18H16FN5O3S/c1-9-6-23(2)17(26)16-15(9)20-8-24(16)7-14(25)22-18-21-11-5-12(27-3)10(19)4-13(11)28-18/h4-6,8H,7H2,1-3H3,(H,21,22,25). The third-order valence-electron chi connectivity index (χ3n) is 4.34.